The van der Waals surface area contributed by atoms with E-state index in [1.54, 1.807) is 6.20 Å². The standard InChI is InChI=1S/C20H26N4O3/c1-4-11-26-20-21-10-9-19(23-20)24-12-18(13-24)27-17-7-5-16(6-8-17)14(2)22-15(3)25/h5-10,14,18H,4,11-13H2,1-3H3,(H,22,25). The molecule has 1 aromatic heterocycles. The lowest BCUT2D eigenvalue weighted by molar-refractivity contribution is -0.119. The van der Waals surface area contributed by atoms with Crippen LogP contribution in [0.4, 0.5) is 5.82 Å². The molecule has 7 heteroatoms. The molecule has 1 aliphatic heterocycles. The van der Waals surface area contributed by atoms with Crippen LogP contribution in [0.5, 0.6) is 11.8 Å². The van der Waals surface area contributed by atoms with Crippen LogP contribution in [0.25, 0.3) is 0 Å². The van der Waals surface area contributed by atoms with Crippen molar-refractivity contribution >= 4 is 11.7 Å². The second-order valence-corrected chi connectivity index (χ2v) is 6.68. The summed E-state index contributed by atoms with van der Waals surface area (Å²) in [6.45, 7) is 7.69. The lowest BCUT2D eigenvalue weighted by atomic mass is 10.1. The number of hydrogen-bond acceptors (Lipinski definition) is 6. The molecule has 0 saturated carbocycles. The number of nitrogens with one attached hydrogen (secondary N) is 1. The van der Waals surface area contributed by atoms with Crippen molar-refractivity contribution in [1.29, 1.82) is 0 Å². The molecule has 144 valence electrons. The van der Waals surface area contributed by atoms with Gasteiger partial charge in [-0.05, 0) is 37.1 Å². The number of nitrogens with zero attached hydrogens (tertiary/aromatic N) is 3. The number of hydrogen-bond donors (Lipinski definition) is 1. The first-order valence-corrected chi connectivity index (χ1v) is 9.29. The van der Waals surface area contributed by atoms with Crippen LogP contribution in [0.3, 0.4) is 0 Å². The van der Waals surface area contributed by atoms with Crippen molar-refractivity contribution < 1.29 is 14.3 Å². The summed E-state index contributed by atoms with van der Waals surface area (Å²) in [7, 11) is 0. The van der Waals surface area contributed by atoms with Gasteiger partial charge in [-0.1, -0.05) is 19.1 Å². The minimum Gasteiger partial charge on any atom is -0.487 e. The van der Waals surface area contributed by atoms with Gasteiger partial charge in [0.05, 0.1) is 25.7 Å². The van der Waals surface area contributed by atoms with Crippen LogP contribution in [0, 0.1) is 0 Å². The normalized spacial score (nSPS) is 15.0. The third-order valence-electron chi connectivity index (χ3n) is 4.33. The van der Waals surface area contributed by atoms with Gasteiger partial charge in [-0.15, -0.1) is 0 Å². The molecule has 1 amide bonds. The Hall–Kier alpha value is -2.83. The minimum absolute atomic E-state index is 0.0161. The van der Waals surface area contributed by atoms with Crippen LogP contribution >= 0.6 is 0 Å². The molecule has 1 aromatic carbocycles. The Morgan fingerprint density at radius 2 is 2.04 bits per heavy atom. The SMILES string of the molecule is CCCOc1nccc(N2CC(Oc3ccc(C(C)NC(C)=O)cc3)C2)n1. The Labute approximate surface area is 159 Å². The van der Waals surface area contributed by atoms with Gasteiger partial charge in [0.1, 0.15) is 17.7 Å². The van der Waals surface area contributed by atoms with Crippen LogP contribution < -0.4 is 19.7 Å². The maximum Gasteiger partial charge on any atom is 0.318 e. The van der Waals surface area contributed by atoms with Crippen molar-refractivity contribution in [2.75, 3.05) is 24.6 Å². The number of amides is 1. The highest BCUT2D eigenvalue weighted by Gasteiger charge is 2.30. The third kappa shape index (κ3) is 5.09. The molecule has 0 spiro atoms. The Kier molecular flexibility index (Phi) is 6.11. The van der Waals surface area contributed by atoms with Gasteiger partial charge >= 0.3 is 6.01 Å². The van der Waals surface area contributed by atoms with Gasteiger partial charge in [-0.2, -0.15) is 4.98 Å². The predicted molar refractivity (Wildman–Crippen MR) is 103 cm³/mol. The summed E-state index contributed by atoms with van der Waals surface area (Å²) >= 11 is 0. The largest absolute Gasteiger partial charge is 0.487 e. The molecule has 0 bridgehead atoms. The minimum atomic E-state index is -0.0367. The average Bonchev–Trinajstić information content (AvgIpc) is 2.62. The first kappa shape index (κ1) is 18.9. The zero-order valence-corrected chi connectivity index (χ0v) is 16.0. The first-order chi connectivity index (χ1) is 13.0. The van der Waals surface area contributed by atoms with E-state index in [-0.39, 0.29) is 18.1 Å². The van der Waals surface area contributed by atoms with Gasteiger partial charge in [0.2, 0.25) is 5.91 Å². The van der Waals surface area contributed by atoms with Gasteiger partial charge in [-0.3, -0.25) is 4.79 Å². The van der Waals surface area contributed by atoms with E-state index in [1.807, 2.05) is 44.2 Å². The molecule has 2 aromatic rings. The molecule has 1 N–H and O–H groups in total. The lowest BCUT2D eigenvalue weighted by Crippen LogP contribution is -2.54. The van der Waals surface area contributed by atoms with Crippen LogP contribution in [0.2, 0.25) is 0 Å². The molecular weight excluding hydrogens is 344 g/mol. The van der Waals surface area contributed by atoms with E-state index in [4.69, 9.17) is 9.47 Å². The molecule has 0 radical (unpaired) electrons. The van der Waals surface area contributed by atoms with Crippen molar-refractivity contribution in [1.82, 2.24) is 15.3 Å². The molecule has 2 heterocycles. The van der Waals surface area contributed by atoms with E-state index in [9.17, 15) is 4.79 Å². The maximum atomic E-state index is 11.1. The zero-order chi connectivity index (χ0) is 19.2. The summed E-state index contributed by atoms with van der Waals surface area (Å²) in [4.78, 5) is 21.8. The van der Waals surface area contributed by atoms with Crippen LogP contribution in [0.1, 0.15) is 38.8 Å². The molecule has 7 nitrogen and oxygen atoms in total. The molecular formula is C20H26N4O3. The Bertz CT molecular complexity index is 760. The zero-order valence-electron chi connectivity index (χ0n) is 16.0. The monoisotopic (exact) mass is 370 g/mol. The Morgan fingerprint density at radius 3 is 2.70 bits per heavy atom. The highest BCUT2D eigenvalue weighted by molar-refractivity contribution is 5.73. The van der Waals surface area contributed by atoms with Gasteiger partial charge in [0.25, 0.3) is 0 Å². The van der Waals surface area contributed by atoms with Gasteiger partial charge in [0, 0.05) is 13.1 Å². The van der Waals surface area contributed by atoms with E-state index in [0.717, 1.165) is 36.6 Å². The van der Waals surface area contributed by atoms with Gasteiger partial charge in [0.15, 0.2) is 0 Å². The number of carbonyl (C=O) groups is 1. The van der Waals surface area contributed by atoms with E-state index in [1.165, 1.54) is 6.92 Å². The summed E-state index contributed by atoms with van der Waals surface area (Å²) in [5, 5.41) is 2.87. The number of carbonyl (C=O) groups excluding carboxylic acids is 1. The number of rotatable bonds is 8. The topological polar surface area (TPSA) is 76.6 Å². The molecule has 3 rings (SSSR count). The summed E-state index contributed by atoms with van der Waals surface area (Å²) in [6, 6.07) is 10.1. The fraction of sp³-hybridized carbons (Fsp3) is 0.450. The smallest absolute Gasteiger partial charge is 0.318 e. The van der Waals surface area contributed by atoms with Crippen LogP contribution in [-0.4, -0.2) is 41.7 Å². The van der Waals surface area contributed by atoms with Gasteiger partial charge in [-0.25, -0.2) is 4.98 Å². The second kappa shape index (κ2) is 8.70. The quantitative estimate of drug-likeness (QED) is 0.770. The predicted octanol–water partition coefficient (Wildman–Crippen LogP) is 2.73. The Balaban J connectivity index is 1.50. The third-order valence-corrected chi connectivity index (χ3v) is 4.33. The molecule has 1 atom stereocenters. The van der Waals surface area contributed by atoms with E-state index in [0.29, 0.717) is 12.6 Å². The fourth-order valence-corrected chi connectivity index (χ4v) is 2.89. The average molecular weight is 370 g/mol. The second-order valence-electron chi connectivity index (χ2n) is 6.68. The molecule has 1 unspecified atom stereocenters. The molecule has 1 saturated heterocycles. The molecule has 1 fully saturated rings. The summed E-state index contributed by atoms with van der Waals surface area (Å²) in [5.74, 6) is 1.65. The molecule has 27 heavy (non-hydrogen) atoms. The fourth-order valence-electron chi connectivity index (χ4n) is 2.89. The highest BCUT2D eigenvalue weighted by Crippen LogP contribution is 2.24. The Morgan fingerprint density at radius 1 is 1.30 bits per heavy atom. The van der Waals surface area contributed by atoms with Crippen molar-refractivity contribution in [3.05, 3.63) is 42.1 Å². The van der Waals surface area contributed by atoms with Gasteiger partial charge < -0.3 is 19.7 Å². The first-order valence-electron chi connectivity index (χ1n) is 9.29. The maximum absolute atomic E-state index is 11.1. The number of ether oxygens (including phenoxy) is 2. The molecule has 0 aliphatic carbocycles. The summed E-state index contributed by atoms with van der Waals surface area (Å²) in [5.41, 5.74) is 1.05. The summed E-state index contributed by atoms with van der Waals surface area (Å²) < 4.78 is 11.5. The van der Waals surface area contributed by atoms with Crippen LogP contribution in [-0.2, 0) is 4.79 Å². The van der Waals surface area contributed by atoms with Crippen molar-refractivity contribution in [2.45, 2.75) is 39.3 Å². The van der Waals surface area contributed by atoms with E-state index < -0.39 is 0 Å². The molecule has 1 aliphatic rings. The number of benzene rings is 1. The van der Waals surface area contributed by atoms with E-state index in [2.05, 4.69) is 20.2 Å². The number of aromatic nitrogens is 2. The van der Waals surface area contributed by atoms with Crippen molar-refractivity contribution in [3.8, 4) is 11.8 Å². The van der Waals surface area contributed by atoms with Crippen molar-refractivity contribution in [3.63, 3.8) is 0 Å². The highest BCUT2D eigenvalue weighted by atomic mass is 16.5. The summed E-state index contributed by atoms with van der Waals surface area (Å²) in [6.07, 6.45) is 2.77. The van der Waals surface area contributed by atoms with Crippen molar-refractivity contribution in [2.24, 2.45) is 0 Å². The van der Waals surface area contributed by atoms with E-state index >= 15 is 0 Å². The number of anilines is 1. The lowest BCUT2D eigenvalue weighted by Gasteiger charge is -2.39. The van der Waals surface area contributed by atoms with Crippen LogP contribution in [0.15, 0.2) is 36.5 Å².